The third-order valence-corrected chi connectivity index (χ3v) is 5.17. The third kappa shape index (κ3) is 2.98. The van der Waals surface area contributed by atoms with Crippen molar-refractivity contribution in [1.82, 2.24) is 4.31 Å². The molecule has 20 heavy (non-hydrogen) atoms. The minimum absolute atomic E-state index is 0.192. The Kier molecular flexibility index (Phi) is 4.06. The second-order valence-electron chi connectivity index (χ2n) is 4.74. The number of hydrogen-bond acceptors (Lipinski definition) is 4. The highest BCUT2D eigenvalue weighted by Gasteiger charge is 2.37. The lowest BCUT2D eigenvalue weighted by atomic mass is 10.2. The zero-order valence-corrected chi connectivity index (χ0v) is 11.6. The van der Waals surface area contributed by atoms with E-state index in [1.807, 2.05) is 6.07 Å². The quantitative estimate of drug-likeness (QED) is 0.864. The number of nitriles is 1. The van der Waals surface area contributed by atoms with Crippen molar-refractivity contribution < 1.29 is 13.2 Å². The van der Waals surface area contributed by atoms with Gasteiger partial charge in [-0.2, -0.15) is 9.57 Å². The van der Waals surface area contributed by atoms with Crippen LogP contribution in [-0.4, -0.2) is 31.2 Å². The van der Waals surface area contributed by atoms with Crippen LogP contribution < -0.4 is 5.73 Å². The summed E-state index contributed by atoms with van der Waals surface area (Å²) in [7, 11) is -3.58. The van der Waals surface area contributed by atoms with Crippen LogP contribution in [0.3, 0.4) is 0 Å². The summed E-state index contributed by atoms with van der Waals surface area (Å²) in [5.41, 5.74) is 6.29. The maximum Gasteiger partial charge on any atom is 0.235 e. The molecular weight excluding hydrogens is 278 g/mol. The van der Waals surface area contributed by atoms with Crippen molar-refractivity contribution in [2.45, 2.75) is 24.6 Å². The lowest BCUT2D eigenvalue weighted by Gasteiger charge is -2.21. The summed E-state index contributed by atoms with van der Waals surface area (Å²) >= 11 is 0. The Labute approximate surface area is 117 Å². The first-order valence-corrected chi connectivity index (χ1v) is 7.83. The fraction of sp³-hybridized carbons (Fsp3) is 0.385. The SMILES string of the molecule is N#Cc1ccc(CS(=O)(=O)N2CCCC2C(N)=O)cc1. The van der Waals surface area contributed by atoms with Gasteiger partial charge in [-0.05, 0) is 30.5 Å². The molecule has 0 saturated carbocycles. The number of primary amides is 1. The summed E-state index contributed by atoms with van der Waals surface area (Å²) in [6.07, 6.45) is 1.11. The predicted molar refractivity (Wildman–Crippen MR) is 72.7 cm³/mol. The summed E-state index contributed by atoms with van der Waals surface area (Å²) in [6, 6.07) is 7.58. The molecule has 1 aliphatic heterocycles. The summed E-state index contributed by atoms with van der Waals surface area (Å²) in [4.78, 5) is 11.3. The van der Waals surface area contributed by atoms with Crippen LogP contribution in [0.15, 0.2) is 24.3 Å². The second kappa shape index (κ2) is 5.61. The first-order valence-electron chi connectivity index (χ1n) is 6.22. The Morgan fingerprint density at radius 3 is 2.60 bits per heavy atom. The smallest absolute Gasteiger partial charge is 0.235 e. The molecule has 1 heterocycles. The molecule has 0 aromatic heterocycles. The van der Waals surface area contributed by atoms with Crippen LogP contribution in [0.25, 0.3) is 0 Å². The van der Waals surface area contributed by atoms with Gasteiger partial charge < -0.3 is 5.73 Å². The molecule has 2 rings (SSSR count). The van der Waals surface area contributed by atoms with Gasteiger partial charge in [0.25, 0.3) is 0 Å². The Balaban J connectivity index is 2.18. The predicted octanol–water partition coefficient (Wildman–Crippen LogP) is 0.338. The zero-order valence-electron chi connectivity index (χ0n) is 10.8. The van der Waals surface area contributed by atoms with Gasteiger partial charge in [-0.3, -0.25) is 4.79 Å². The molecule has 106 valence electrons. The molecule has 0 aliphatic carbocycles. The molecule has 1 atom stereocenters. The lowest BCUT2D eigenvalue weighted by molar-refractivity contribution is -0.121. The molecule has 7 heteroatoms. The number of amides is 1. The van der Waals surface area contributed by atoms with Gasteiger partial charge in [-0.1, -0.05) is 12.1 Å². The molecule has 1 aromatic rings. The van der Waals surface area contributed by atoms with Gasteiger partial charge in [0.15, 0.2) is 0 Å². The Hall–Kier alpha value is -1.91. The molecule has 1 aromatic carbocycles. The molecule has 1 aliphatic rings. The number of carbonyl (C=O) groups is 1. The largest absolute Gasteiger partial charge is 0.368 e. The van der Waals surface area contributed by atoms with Gasteiger partial charge >= 0.3 is 0 Å². The van der Waals surface area contributed by atoms with Crippen LogP contribution in [-0.2, 0) is 20.6 Å². The van der Waals surface area contributed by atoms with Gasteiger partial charge in [0.1, 0.15) is 6.04 Å². The Bertz CT molecular complexity index is 646. The number of carbonyl (C=O) groups excluding carboxylic acids is 1. The van der Waals surface area contributed by atoms with Crippen LogP contribution in [0.2, 0.25) is 0 Å². The first-order chi connectivity index (χ1) is 9.44. The number of sulfonamides is 1. The zero-order chi connectivity index (χ0) is 14.8. The average molecular weight is 293 g/mol. The molecule has 0 bridgehead atoms. The number of rotatable bonds is 4. The van der Waals surface area contributed by atoms with Gasteiger partial charge in [-0.15, -0.1) is 0 Å². The van der Waals surface area contributed by atoms with Gasteiger partial charge in [-0.25, -0.2) is 8.42 Å². The van der Waals surface area contributed by atoms with E-state index in [4.69, 9.17) is 11.0 Å². The normalized spacial score (nSPS) is 19.6. The van der Waals surface area contributed by atoms with Crippen molar-refractivity contribution in [2.24, 2.45) is 5.73 Å². The van der Waals surface area contributed by atoms with Crippen LogP contribution >= 0.6 is 0 Å². The van der Waals surface area contributed by atoms with E-state index >= 15 is 0 Å². The molecule has 0 radical (unpaired) electrons. The summed E-state index contributed by atoms with van der Waals surface area (Å²) in [6.45, 7) is 0.326. The highest BCUT2D eigenvalue weighted by Crippen LogP contribution is 2.23. The van der Waals surface area contributed by atoms with Crippen molar-refractivity contribution in [1.29, 1.82) is 5.26 Å². The summed E-state index contributed by atoms with van der Waals surface area (Å²) < 4.78 is 25.8. The van der Waals surface area contributed by atoms with Crippen molar-refractivity contribution in [2.75, 3.05) is 6.54 Å². The van der Waals surface area contributed by atoms with Crippen LogP contribution in [0.5, 0.6) is 0 Å². The van der Waals surface area contributed by atoms with E-state index in [1.54, 1.807) is 24.3 Å². The van der Waals surface area contributed by atoms with E-state index in [2.05, 4.69) is 0 Å². The molecule has 0 spiro atoms. The summed E-state index contributed by atoms with van der Waals surface area (Å²) in [5, 5.41) is 8.70. The van der Waals surface area contributed by atoms with Crippen molar-refractivity contribution in [3.63, 3.8) is 0 Å². The number of nitrogens with zero attached hydrogens (tertiary/aromatic N) is 2. The van der Waals surface area contributed by atoms with Crippen LogP contribution in [0.1, 0.15) is 24.0 Å². The molecule has 1 saturated heterocycles. The van der Waals surface area contributed by atoms with E-state index < -0.39 is 22.0 Å². The highest BCUT2D eigenvalue weighted by atomic mass is 32.2. The lowest BCUT2D eigenvalue weighted by Crippen LogP contribution is -2.44. The maximum atomic E-state index is 12.3. The number of nitrogens with two attached hydrogens (primary N) is 1. The molecule has 1 amide bonds. The molecule has 6 nitrogen and oxygen atoms in total. The standard InChI is InChI=1S/C13H15N3O3S/c14-8-10-3-5-11(6-4-10)9-20(18,19)16-7-1-2-12(16)13(15)17/h3-6,12H,1-2,7,9H2,(H2,15,17). The minimum atomic E-state index is -3.58. The van der Waals surface area contributed by atoms with E-state index in [9.17, 15) is 13.2 Å². The van der Waals surface area contributed by atoms with Crippen molar-refractivity contribution in [3.05, 3.63) is 35.4 Å². The van der Waals surface area contributed by atoms with Crippen molar-refractivity contribution in [3.8, 4) is 6.07 Å². The highest BCUT2D eigenvalue weighted by molar-refractivity contribution is 7.88. The first kappa shape index (κ1) is 14.5. The van der Waals surface area contributed by atoms with E-state index in [0.29, 0.717) is 30.5 Å². The molecular formula is C13H15N3O3S. The topological polar surface area (TPSA) is 104 Å². The fourth-order valence-corrected chi connectivity index (χ4v) is 4.11. The molecule has 1 unspecified atom stereocenters. The van der Waals surface area contributed by atoms with Crippen LogP contribution in [0, 0.1) is 11.3 Å². The fourth-order valence-electron chi connectivity index (χ4n) is 2.33. The van der Waals surface area contributed by atoms with Gasteiger partial charge in [0, 0.05) is 6.54 Å². The second-order valence-corrected chi connectivity index (χ2v) is 6.66. The Morgan fingerprint density at radius 1 is 1.40 bits per heavy atom. The minimum Gasteiger partial charge on any atom is -0.368 e. The van der Waals surface area contributed by atoms with E-state index in [-0.39, 0.29) is 5.75 Å². The summed E-state index contributed by atoms with van der Waals surface area (Å²) in [5.74, 6) is -0.798. The Morgan fingerprint density at radius 2 is 2.05 bits per heavy atom. The third-order valence-electron chi connectivity index (χ3n) is 3.32. The maximum absolute atomic E-state index is 12.3. The molecule has 2 N–H and O–H groups in total. The van der Waals surface area contributed by atoms with Gasteiger partial charge in [0.2, 0.25) is 15.9 Å². The number of hydrogen-bond donors (Lipinski definition) is 1. The van der Waals surface area contributed by atoms with E-state index in [1.165, 1.54) is 4.31 Å². The average Bonchev–Trinajstić information content (AvgIpc) is 2.89. The molecule has 1 fully saturated rings. The van der Waals surface area contributed by atoms with E-state index in [0.717, 1.165) is 0 Å². The van der Waals surface area contributed by atoms with Crippen LogP contribution in [0.4, 0.5) is 0 Å². The monoisotopic (exact) mass is 293 g/mol. The number of benzene rings is 1. The van der Waals surface area contributed by atoms with Crippen molar-refractivity contribution >= 4 is 15.9 Å². The van der Waals surface area contributed by atoms with Gasteiger partial charge in [0.05, 0.1) is 17.4 Å².